The number of hydrogen-bond acceptors (Lipinski definition) is 9. The van der Waals surface area contributed by atoms with Gasteiger partial charge in [-0.2, -0.15) is 9.97 Å². The van der Waals surface area contributed by atoms with Crippen LogP contribution in [-0.2, 0) is 13.6 Å². The van der Waals surface area contributed by atoms with Crippen LogP contribution in [0.5, 0.6) is 5.88 Å². The molecular weight excluding hydrogens is 617 g/mol. The minimum Gasteiger partial charge on any atom is -0.476 e. The highest BCUT2D eigenvalue weighted by atomic mass is 28.4. The largest absolute Gasteiger partial charge is 0.476 e. The predicted molar refractivity (Wildman–Crippen MR) is 190 cm³/mol. The number of hydrogen-bond donors (Lipinski definition) is 1. The minimum absolute atomic E-state index is 0.0453. The molecule has 3 aromatic rings. The summed E-state index contributed by atoms with van der Waals surface area (Å²) in [5, 5.41) is 0.125. The van der Waals surface area contributed by atoms with Crippen LogP contribution in [0.4, 0.5) is 5.95 Å². The zero-order chi connectivity index (χ0) is 33.6. The molecule has 1 aliphatic rings. The van der Waals surface area contributed by atoms with E-state index < -0.39 is 30.9 Å². The van der Waals surface area contributed by atoms with E-state index in [1.165, 1.54) is 0 Å². The van der Waals surface area contributed by atoms with Crippen molar-refractivity contribution >= 4 is 41.8 Å². The summed E-state index contributed by atoms with van der Waals surface area (Å²) in [6.45, 7) is 30.7. The monoisotopic (exact) mass is 672 g/mol. The quantitative estimate of drug-likeness (QED) is 0.203. The van der Waals surface area contributed by atoms with Gasteiger partial charge in [-0.15, -0.1) is 0 Å². The molecule has 0 amide bonds. The first kappa shape index (κ1) is 35.7. The maximum Gasteiger partial charge on any atom is 0.247 e. The Bertz CT molecular complexity index is 1460. The lowest BCUT2D eigenvalue weighted by Crippen LogP contribution is -2.48. The molecule has 2 N–H and O–H groups in total. The van der Waals surface area contributed by atoms with Gasteiger partial charge >= 0.3 is 0 Å². The number of imidazole rings is 1. The molecule has 3 aromatic heterocycles. The second-order valence-corrected chi connectivity index (χ2v) is 31.8. The highest BCUT2D eigenvalue weighted by Crippen LogP contribution is 2.44. The van der Waals surface area contributed by atoms with Crippen molar-refractivity contribution in [3.8, 4) is 17.3 Å². The molecule has 45 heavy (non-hydrogen) atoms. The molecule has 0 bridgehead atoms. The normalized spacial score (nSPS) is 20.2. The first-order chi connectivity index (χ1) is 20.6. The van der Waals surface area contributed by atoms with E-state index in [0.29, 0.717) is 42.5 Å². The van der Waals surface area contributed by atoms with Crippen LogP contribution in [0.1, 0.15) is 54.2 Å². The molecule has 1 saturated heterocycles. The molecule has 0 radical (unpaired) electrons. The van der Waals surface area contributed by atoms with Crippen molar-refractivity contribution in [1.29, 1.82) is 0 Å². The molecule has 1 fully saturated rings. The maximum atomic E-state index is 7.07. The van der Waals surface area contributed by atoms with Crippen molar-refractivity contribution in [3.63, 3.8) is 0 Å². The standard InChI is InChI=1S/C32H56N6O4Si3/c1-31(2,3)44(10,11)40-21-24-23(42-45(12,13)32(4,5)6)20-25(41-24)38-27(22-14-16-34-17-15-22)35-26-28(38)36-30(33)37-29(26)39-18-19-43(7,8)9/h14-17,23-25H,18-21H2,1-13H3,(H2,33,36,37)/t23-,24+,25+/m0/s1. The van der Waals surface area contributed by atoms with Crippen molar-refractivity contribution in [1.82, 2.24) is 24.5 Å². The Morgan fingerprint density at radius 2 is 1.53 bits per heavy atom. The maximum absolute atomic E-state index is 7.07. The van der Waals surface area contributed by atoms with Crippen LogP contribution in [0.25, 0.3) is 22.6 Å². The summed E-state index contributed by atoms with van der Waals surface area (Å²) in [6.07, 6.45) is 3.32. The van der Waals surface area contributed by atoms with Crippen LogP contribution >= 0.6 is 0 Å². The van der Waals surface area contributed by atoms with E-state index in [4.69, 9.17) is 34.0 Å². The van der Waals surface area contributed by atoms with Crippen LogP contribution in [0, 0.1) is 0 Å². The second-order valence-electron chi connectivity index (χ2n) is 16.6. The van der Waals surface area contributed by atoms with E-state index in [0.717, 1.165) is 11.6 Å². The average molecular weight is 673 g/mol. The molecule has 0 saturated carbocycles. The van der Waals surface area contributed by atoms with Crippen molar-refractivity contribution in [2.45, 2.75) is 128 Å². The van der Waals surface area contributed by atoms with E-state index in [1.54, 1.807) is 12.4 Å². The summed E-state index contributed by atoms with van der Waals surface area (Å²) in [6, 6.07) is 4.87. The van der Waals surface area contributed by atoms with Crippen LogP contribution in [0.15, 0.2) is 24.5 Å². The summed E-state index contributed by atoms with van der Waals surface area (Å²) in [5.74, 6) is 1.23. The number of fused-ring (bicyclic) bond motifs is 1. The van der Waals surface area contributed by atoms with Gasteiger partial charge in [-0.1, -0.05) is 61.2 Å². The number of aromatic nitrogens is 5. The molecule has 0 aliphatic carbocycles. The van der Waals surface area contributed by atoms with Crippen molar-refractivity contribution in [2.24, 2.45) is 0 Å². The van der Waals surface area contributed by atoms with Gasteiger partial charge in [0.05, 0.1) is 19.3 Å². The number of pyridine rings is 1. The first-order valence-electron chi connectivity index (χ1n) is 16.2. The number of anilines is 1. The Morgan fingerprint density at radius 1 is 0.911 bits per heavy atom. The Kier molecular flexibility index (Phi) is 10.1. The lowest BCUT2D eigenvalue weighted by Gasteiger charge is -2.40. The number of ether oxygens (including phenoxy) is 2. The van der Waals surface area contributed by atoms with Gasteiger partial charge < -0.3 is 24.1 Å². The van der Waals surface area contributed by atoms with Gasteiger partial charge in [-0.3, -0.25) is 9.55 Å². The second kappa shape index (κ2) is 12.8. The third kappa shape index (κ3) is 8.22. The van der Waals surface area contributed by atoms with Crippen LogP contribution in [-0.4, -0.2) is 74.6 Å². The first-order valence-corrected chi connectivity index (χ1v) is 25.7. The minimum atomic E-state index is -2.14. The fourth-order valence-electron chi connectivity index (χ4n) is 4.69. The number of nitrogen functional groups attached to an aromatic ring is 1. The molecule has 3 atom stereocenters. The summed E-state index contributed by atoms with van der Waals surface area (Å²) in [7, 11) is -5.50. The lowest BCUT2D eigenvalue weighted by molar-refractivity contribution is -0.0378. The SMILES string of the molecule is CC(C)(C)[Si](C)(C)OC[C@H]1O[C@@H](n2c(-c3ccncc3)nc3c(OCC[Si](C)(C)C)nc(N)nc32)C[C@@H]1O[Si](C)(C)C(C)(C)C. The molecule has 4 heterocycles. The third-order valence-corrected chi connectivity index (χ3v) is 20.4. The number of rotatable bonds is 11. The van der Waals surface area contributed by atoms with Crippen molar-refractivity contribution in [3.05, 3.63) is 24.5 Å². The molecule has 0 aromatic carbocycles. The van der Waals surface area contributed by atoms with Gasteiger partial charge in [-0.25, -0.2) is 4.98 Å². The van der Waals surface area contributed by atoms with Crippen LogP contribution in [0.2, 0.25) is 61.9 Å². The van der Waals surface area contributed by atoms with Gasteiger partial charge in [0.1, 0.15) is 18.2 Å². The van der Waals surface area contributed by atoms with Crippen LogP contribution in [0.3, 0.4) is 0 Å². The zero-order valence-corrected chi connectivity index (χ0v) is 32.8. The number of nitrogens with zero attached hydrogens (tertiary/aromatic N) is 5. The third-order valence-electron chi connectivity index (χ3n) is 9.69. The van der Waals surface area contributed by atoms with E-state index in [-0.39, 0.29) is 28.2 Å². The molecule has 250 valence electrons. The Morgan fingerprint density at radius 3 is 2.11 bits per heavy atom. The summed E-state index contributed by atoms with van der Waals surface area (Å²) >= 11 is 0. The summed E-state index contributed by atoms with van der Waals surface area (Å²) < 4.78 is 29.0. The predicted octanol–water partition coefficient (Wildman–Crippen LogP) is 7.89. The molecule has 1 aliphatic heterocycles. The summed E-state index contributed by atoms with van der Waals surface area (Å²) in [5.41, 5.74) is 8.34. The van der Waals surface area contributed by atoms with Crippen molar-refractivity contribution in [2.75, 3.05) is 18.9 Å². The topological polar surface area (TPSA) is 119 Å². The van der Waals surface area contributed by atoms with E-state index in [9.17, 15) is 0 Å². The van der Waals surface area contributed by atoms with Gasteiger partial charge in [0.2, 0.25) is 11.8 Å². The average Bonchev–Trinajstić information content (AvgIpc) is 3.46. The van der Waals surface area contributed by atoms with E-state index in [1.807, 2.05) is 16.7 Å². The highest BCUT2D eigenvalue weighted by Gasteiger charge is 2.47. The molecule has 10 nitrogen and oxygen atoms in total. The smallest absolute Gasteiger partial charge is 0.247 e. The van der Waals surface area contributed by atoms with Gasteiger partial charge in [-0.05, 0) is 54.4 Å². The van der Waals surface area contributed by atoms with Crippen molar-refractivity contribution < 1.29 is 18.3 Å². The van der Waals surface area contributed by atoms with Gasteiger partial charge in [0.25, 0.3) is 0 Å². The Balaban J connectivity index is 1.79. The number of nitrogens with two attached hydrogens (primary N) is 1. The molecule has 4 rings (SSSR count). The summed E-state index contributed by atoms with van der Waals surface area (Å²) in [4.78, 5) is 18.5. The molecule has 0 spiro atoms. The highest BCUT2D eigenvalue weighted by molar-refractivity contribution is 6.76. The Hall–Kier alpha value is -2.17. The van der Waals surface area contributed by atoms with Crippen LogP contribution < -0.4 is 10.5 Å². The van der Waals surface area contributed by atoms with E-state index >= 15 is 0 Å². The van der Waals surface area contributed by atoms with Gasteiger partial charge in [0.15, 0.2) is 27.8 Å². The zero-order valence-electron chi connectivity index (χ0n) is 29.8. The molecular formula is C32H56N6O4Si3. The van der Waals surface area contributed by atoms with E-state index in [2.05, 4.69) is 97.3 Å². The molecule has 0 unspecified atom stereocenters. The molecule has 13 heteroatoms. The fraction of sp³-hybridized carbons (Fsp3) is 0.688. The fourth-order valence-corrected chi connectivity index (χ4v) is 7.78. The van der Waals surface area contributed by atoms with Gasteiger partial charge in [0, 0.05) is 32.5 Å². The Labute approximate surface area is 273 Å². The lowest BCUT2D eigenvalue weighted by atomic mass is 10.2.